The van der Waals surface area contributed by atoms with Crippen LogP contribution in [0.1, 0.15) is 113 Å². The van der Waals surface area contributed by atoms with E-state index in [2.05, 4.69) is 63.2 Å². The van der Waals surface area contributed by atoms with E-state index in [1.807, 2.05) is 0 Å². The Balaban J connectivity index is 0.00000153. The maximum atomic E-state index is 13.6. The Morgan fingerprint density at radius 2 is 1.63 bits per heavy atom. The third-order valence-electron chi connectivity index (χ3n) is 8.66. The number of hydrogen-bond donors (Lipinski definition) is 1. The SMILES string of the molecule is C.C.C.C.CCC(C)(CC(C)c1ccc2ccccc2c1)C(=O)OC12CC3CC(CC(O)(C3)C1)C2. The van der Waals surface area contributed by atoms with Crippen molar-refractivity contribution in [1.29, 1.82) is 0 Å². The van der Waals surface area contributed by atoms with Crippen LogP contribution in [0.25, 0.3) is 10.8 Å². The number of carbonyl (C=O) groups is 1. The van der Waals surface area contributed by atoms with Crippen LogP contribution in [-0.2, 0) is 9.53 Å². The van der Waals surface area contributed by atoms with E-state index in [1.165, 1.54) is 22.8 Å². The van der Waals surface area contributed by atoms with Gasteiger partial charge in [-0.3, -0.25) is 4.79 Å². The van der Waals surface area contributed by atoms with Crippen molar-refractivity contribution in [3.63, 3.8) is 0 Å². The summed E-state index contributed by atoms with van der Waals surface area (Å²) >= 11 is 0. The zero-order valence-corrected chi connectivity index (χ0v) is 19.2. The van der Waals surface area contributed by atoms with Gasteiger partial charge in [-0.05, 0) is 86.0 Å². The molecule has 1 N–H and O–H groups in total. The molecule has 4 unspecified atom stereocenters. The van der Waals surface area contributed by atoms with E-state index in [1.54, 1.807) is 0 Å². The van der Waals surface area contributed by atoms with Crippen molar-refractivity contribution in [3.8, 4) is 0 Å². The van der Waals surface area contributed by atoms with Gasteiger partial charge in [-0.25, -0.2) is 0 Å². The van der Waals surface area contributed by atoms with Crippen LogP contribution in [0.5, 0.6) is 0 Å². The first-order valence-electron chi connectivity index (χ1n) is 12.2. The van der Waals surface area contributed by atoms with Crippen molar-refractivity contribution in [2.75, 3.05) is 0 Å². The van der Waals surface area contributed by atoms with Crippen LogP contribution in [0.15, 0.2) is 42.5 Å². The molecule has 0 aliphatic heterocycles. The molecule has 35 heavy (non-hydrogen) atoms. The molecule has 0 spiro atoms. The van der Waals surface area contributed by atoms with E-state index in [0.717, 1.165) is 38.5 Å². The summed E-state index contributed by atoms with van der Waals surface area (Å²) in [6.07, 6.45) is 7.05. The molecule has 0 amide bonds. The Morgan fingerprint density at radius 3 is 2.20 bits per heavy atom. The van der Waals surface area contributed by atoms with Crippen LogP contribution in [-0.4, -0.2) is 22.3 Å². The third-order valence-corrected chi connectivity index (χ3v) is 8.66. The molecule has 4 bridgehead atoms. The lowest BCUT2D eigenvalue weighted by molar-refractivity contribution is -0.226. The molecule has 2 aromatic rings. The minimum Gasteiger partial charge on any atom is -0.459 e. The summed E-state index contributed by atoms with van der Waals surface area (Å²) in [4.78, 5) is 13.6. The van der Waals surface area contributed by atoms with Gasteiger partial charge < -0.3 is 9.84 Å². The van der Waals surface area contributed by atoms with Gasteiger partial charge in [-0.1, -0.05) is 86.0 Å². The Morgan fingerprint density at radius 1 is 1.03 bits per heavy atom. The van der Waals surface area contributed by atoms with Crippen molar-refractivity contribution in [1.82, 2.24) is 0 Å². The van der Waals surface area contributed by atoms with Gasteiger partial charge in [0.15, 0.2) is 0 Å². The molecule has 4 saturated carbocycles. The molecule has 4 aliphatic rings. The van der Waals surface area contributed by atoms with Crippen LogP contribution in [0, 0.1) is 17.3 Å². The van der Waals surface area contributed by atoms with E-state index in [-0.39, 0.29) is 41.6 Å². The maximum Gasteiger partial charge on any atom is 0.312 e. The van der Waals surface area contributed by atoms with Gasteiger partial charge in [-0.2, -0.15) is 0 Å². The molecule has 6 rings (SSSR count). The molecule has 0 heterocycles. The van der Waals surface area contributed by atoms with E-state index in [4.69, 9.17) is 4.74 Å². The van der Waals surface area contributed by atoms with Crippen LogP contribution in [0.4, 0.5) is 0 Å². The highest BCUT2D eigenvalue weighted by Crippen LogP contribution is 2.59. The Hall–Kier alpha value is -1.87. The smallest absolute Gasteiger partial charge is 0.312 e. The minimum absolute atomic E-state index is 0. The predicted octanol–water partition coefficient (Wildman–Crippen LogP) is 8.92. The normalized spacial score (nSPS) is 30.5. The number of ether oxygens (including phenoxy) is 1. The van der Waals surface area contributed by atoms with Crippen LogP contribution in [0.2, 0.25) is 0 Å². The largest absolute Gasteiger partial charge is 0.459 e. The van der Waals surface area contributed by atoms with Gasteiger partial charge in [0.05, 0.1) is 11.0 Å². The Kier molecular flexibility index (Phi) is 9.82. The molecule has 4 aliphatic carbocycles. The lowest BCUT2D eigenvalue weighted by Crippen LogP contribution is -2.61. The standard InChI is InChI=1S/C28H36O3.4CH4/c1-4-26(3,13-19(2)23-10-9-22-7-5-6-8-24(22)12-23)25(29)31-28-16-20-11-21(17-28)15-27(30,14-20)18-28;;;;/h5-10,12,19-21,30H,4,11,13-18H2,1-3H3;4*1H4. The van der Waals surface area contributed by atoms with Crippen molar-refractivity contribution < 1.29 is 14.6 Å². The highest BCUT2D eigenvalue weighted by Gasteiger charge is 2.59. The number of rotatable bonds is 6. The van der Waals surface area contributed by atoms with Gasteiger partial charge in [0.2, 0.25) is 0 Å². The van der Waals surface area contributed by atoms with Gasteiger partial charge in [0.1, 0.15) is 5.60 Å². The lowest BCUT2D eigenvalue weighted by Gasteiger charge is -2.59. The van der Waals surface area contributed by atoms with Crippen molar-refractivity contribution >= 4 is 16.7 Å². The maximum absolute atomic E-state index is 13.6. The fourth-order valence-electron chi connectivity index (χ4n) is 7.25. The molecule has 0 radical (unpaired) electrons. The summed E-state index contributed by atoms with van der Waals surface area (Å²) in [6, 6.07) is 15.1. The topological polar surface area (TPSA) is 46.5 Å². The van der Waals surface area contributed by atoms with Crippen LogP contribution < -0.4 is 0 Å². The summed E-state index contributed by atoms with van der Waals surface area (Å²) in [6.45, 7) is 6.39. The first kappa shape index (κ1) is 31.2. The fraction of sp³-hybridized carbons (Fsp3) is 0.656. The zero-order valence-electron chi connectivity index (χ0n) is 19.2. The number of carbonyl (C=O) groups excluding carboxylic acids is 1. The quantitative estimate of drug-likeness (QED) is 0.416. The molecule has 198 valence electrons. The summed E-state index contributed by atoms with van der Waals surface area (Å²) in [5.74, 6) is 1.24. The third kappa shape index (κ3) is 5.77. The molecular formula is C32H52O3. The number of esters is 1. The molecule has 4 fully saturated rings. The van der Waals surface area contributed by atoms with Crippen molar-refractivity contribution in [2.45, 2.75) is 119 Å². The summed E-state index contributed by atoms with van der Waals surface area (Å²) < 4.78 is 6.38. The second-order valence-electron chi connectivity index (χ2n) is 11.4. The highest BCUT2D eigenvalue weighted by atomic mass is 16.6. The average molecular weight is 485 g/mol. The van der Waals surface area contributed by atoms with E-state index >= 15 is 0 Å². The highest BCUT2D eigenvalue weighted by molar-refractivity contribution is 5.83. The number of fused-ring (bicyclic) bond motifs is 1. The average Bonchev–Trinajstić information content (AvgIpc) is 2.71. The molecule has 2 aromatic carbocycles. The molecule has 3 heteroatoms. The predicted molar refractivity (Wildman–Crippen MR) is 151 cm³/mol. The van der Waals surface area contributed by atoms with Crippen molar-refractivity contribution in [2.24, 2.45) is 17.3 Å². The van der Waals surface area contributed by atoms with Crippen LogP contribution in [0.3, 0.4) is 0 Å². The zero-order chi connectivity index (χ0) is 21.9. The monoisotopic (exact) mass is 484 g/mol. The number of benzene rings is 2. The summed E-state index contributed by atoms with van der Waals surface area (Å²) in [5.41, 5.74) is -0.281. The van der Waals surface area contributed by atoms with E-state index in [9.17, 15) is 9.90 Å². The van der Waals surface area contributed by atoms with Crippen LogP contribution >= 0.6 is 0 Å². The van der Waals surface area contributed by atoms with Gasteiger partial charge in [-0.15, -0.1) is 0 Å². The number of hydrogen-bond acceptors (Lipinski definition) is 3. The molecule has 0 saturated heterocycles. The Bertz CT molecular complexity index is 981. The molecule has 4 atom stereocenters. The van der Waals surface area contributed by atoms with Gasteiger partial charge >= 0.3 is 5.97 Å². The molecule has 3 nitrogen and oxygen atoms in total. The summed E-state index contributed by atoms with van der Waals surface area (Å²) in [5, 5.41) is 13.5. The van der Waals surface area contributed by atoms with Crippen molar-refractivity contribution in [3.05, 3.63) is 48.0 Å². The molecular weight excluding hydrogens is 432 g/mol. The van der Waals surface area contributed by atoms with Gasteiger partial charge in [0, 0.05) is 6.42 Å². The van der Waals surface area contributed by atoms with Gasteiger partial charge in [0.25, 0.3) is 0 Å². The first-order valence-corrected chi connectivity index (χ1v) is 12.2. The first-order chi connectivity index (χ1) is 14.7. The summed E-state index contributed by atoms with van der Waals surface area (Å²) in [7, 11) is 0. The fourth-order valence-corrected chi connectivity index (χ4v) is 7.25. The molecule has 0 aromatic heterocycles. The van der Waals surface area contributed by atoms with E-state index < -0.39 is 16.6 Å². The lowest BCUT2D eigenvalue weighted by atomic mass is 9.52. The second-order valence-corrected chi connectivity index (χ2v) is 11.4. The number of aliphatic hydroxyl groups is 1. The van der Waals surface area contributed by atoms with E-state index in [0.29, 0.717) is 18.3 Å². The minimum atomic E-state index is -0.606. The Labute approximate surface area is 215 Å². The second kappa shape index (κ2) is 11.0.